The van der Waals surface area contributed by atoms with Gasteiger partial charge in [-0.1, -0.05) is 18.2 Å². The van der Waals surface area contributed by atoms with Crippen LogP contribution in [0.25, 0.3) is 0 Å². The Labute approximate surface area is 138 Å². The standard InChI is InChI=1S/C16H20F3NO4/c1-5-23-13(21)16(18,19)12(10-8-6-7-9-11(10)17)20-14(22)24-15(2,3)4/h6-9,12H,5H2,1-4H3,(H,20,22). The minimum atomic E-state index is -4.19. The second-order valence-electron chi connectivity index (χ2n) is 5.94. The first kappa shape index (κ1) is 19.8. The van der Waals surface area contributed by atoms with Gasteiger partial charge in [-0.3, -0.25) is 0 Å². The molecule has 8 heteroatoms. The lowest BCUT2D eigenvalue weighted by Gasteiger charge is -2.28. The van der Waals surface area contributed by atoms with Crippen LogP contribution < -0.4 is 5.32 Å². The zero-order chi connectivity index (χ0) is 18.5. The van der Waals surface area contributed by atoms with Crippen LogP contribution in [0, 0.1) is 5.82 Å². The Hall–Kier alpha value is -2.25. The van der Waals surface area contributed by atoms with Crippen molar-refractivity contribution in [2.75, 3.05) is 6.61 Å². The Morgan fingerprint density at radius 1 is 1.21 bits per heavy atom. The molecule has 5 nitrogen and oxygen atoms in total. The number of carbonyl (C=O) groups excluding carboxylic acids is 2. The summed E-state index contributed by atoms with van der Waals surface area (Å²) in [5.74, 6) is -7.05. The molecular weight excluding hydrogens is 327 g/mol. The molecule has 0 aliphatic rings. The fraction of sp³-hybridized carbons (Fsp3) is 0.500. The van der Waals surface area contributed by atoms with Gasteiger partial charge in [0.15, 0.2) is 0 Å². The first-order chi connectivity index (χ1) is 11.0. The van der Waals surface area contributed by atoms with E-state index >= 15 is 0 Å². The van der Waals surface area contributed by atoms with Crippen molar-refractivity contribution in [2.45, 2.75) is 45.3 Å². The number of ether oxygens (including phenoxy) is 2. The molecule has 0 heterocycles. The highest BCUT2D eigenvalue weighted by molar-refractivity contribution is 5.80. The molecule has 0 fully saturated rings. The molecule has 0 spiro atoms. The third kappa shape index (κ3) is 5.14. The van der Waals surface area contributed by atoms with Crippen LogP contribution in [-0.2, 0) is 14.3 Å². The summed E-state index contributed by atoms with van der Waals surface area (Å²) in [5, 5.41) is 1.86. The molecule has 134 valence electrons. The van der Waals surface area contributed by atoms with E-state index in [9.17, 15) is 22.8 Å². The molecule has 0 saturated carbocycles. The maximum atomic E-state index is 14.4. The summed E-state index contributed by atoms with van der Waals surface area (Å²) in [6.45, 7) is 5.68. The SMILES string of the molecule is CCOC(=O)C(F)(F)C(NC(=O)OC(C)(C)C)c1ccccc1F. The fourth-order valence-corrected chi connectivity index (χ4v) is 1.84. The third-order valence-electron chi connectivity index (χ3n) is 2.79. The highest BCUT2D eigenvalue weighted by Gasteiger charge is 2.51. The molecule has 1 aromatic rings. The van der Waals surface area contributed by atoms with Crippen LogP contribution in [0.5, 0.6) is 0 Å². The smallest absolute Gasteiger partial charge is 0.408 e. The van der Waals surface area contributed by atoms with Gasteiger partial charge in [0.2, 0.25) is 0 Å². The fourth-order valence-electron chi connectivity index (χ4n) is 1.84. The third-order valence-corrected chi connectivity index (χ3v) is 2.79. The summed E-state index contributed by atoms with van der Waals surface area (Å²) in [4.78, 5) is 23.4. The van der Waals surface area contributed by atoms with Crippen molar-refractivity contribution >= 4 is 12.1 Å². The molecule has 0 aromatic heterocycles. The number of nitrogens with one attached hydrogen (secondary N) is 1. The summed E-state index contributed by atoms with van der Waals surface area (Å²) in [6, 6.07) is 2.33. The number of amides is 1. The highest BCUT2D eigenvalue weighted by Crippen LogP contribution is 2.34. The van der Waals surface area contributed by atoms with E-state index in [0.29, 0.717) is 0 Å². The van der Waals surface area contributed by atoms with Crippen molar-refractivity contribution in [1.29, 1.82) is 0 Å². The van der Waals surface area contributed by atoms with Crippen LogP contribution in [-0.4, -0.2) is 30.2 Å². The summed E-state index contributed by atoms with van der Waals surface area (Å²) < 4.78 is 52.0. The van der Waals surface area contributed by atoms with Gasteiger partial charge in [0.25, 0.3) is 0 Å². The van der Waals surface area contributed by atoms with Gasteiger partial charge in [-0.2, -0.15) is 8.78 Å². The number of alkyl halides is 2. The van der Waals surface area contributed by atoms with Crippen LogP contribution in [0.2, 0.25) is 0 Å². The number of rotatable bonds is 5. The second kappa shape index (κ2) is 7.55. The first-order valence-corrected chi connectivity index (χ1v) is 7.28. The molecular formula is C16H20F3NO4. The van der Waals surface area contributed by atoms with Gasteiger partial charge in [-0.05, 0) is 33.8 Å². The minimum absolute atomic E-state index is 0.287. The Morgan fingerprint density at radius 3 is 2.29 bits per heavy atom. The molecule has 0 radical (unpaired) electrons. The summed E-state index contributed by atoms with van der Waals surface area (Å²) in [5.41, 5.74) is -1.51. The van der Waals surface area contributed by atoms with E-state index in [-0.39, 0.29) is 6.61 Å². The quantitative estimate of drug-likeness (QED) is 0.827. The topological polar surface area (TPSA) is 64.6 Å². The van der Waals surface area contributed by atoms with E-state index in [1.54, 1.807) is 0 Å². The maximum absolute atomic E-state index is 14.4. The molecule has 1 rings (SSSR count). The van der Waals surface area contributed by atoms with E-state index in [0.717, 1.165) is 12.1 Å². The van der Waals surface area contributed by atoms with Crippen LogP contribution >= 0.6 is 0 Å². The molecule has 1 N–H and O–H groups in total. The Balaban J connectivity index is 3.20. The minimum Gasteiger partial charge on any atom is -0.461 e. The van der Waals surface area contributed by atoms with Gasteiger partial charge < -0.3 is 14.8 Å². The van der Waals surface area contributed by atoms with Crippen molar-refractivity contribution in [1.82, 2.24) is 5.32 Å². The van der Waals surface area contributed by atoms with Gasteiger partial charge in [0.1, 0.15) is 17.5 Å². The normalized spacial score (nSPS) is 13.1. The van der Waals surface area contributed by atoms with Gasteiger partial charge in [0, 0.05) is 5.56 Å². The molecule has 0 bridgehead atoms. The van der Waals surface area contributed by atoms with E-state index in [2.05, 4.69) is 4.74 Å². The van der Waals surface area contributed by atoms with Crippen LogP contribution in [0.4, 0.5) is 18.0 Å². The van der Waals surface area contributed by atoms with Gasteiger partial charge in [-0.15, -0.1) is 0 Å². The summed E-state index contributed by atoms with van der Waals surface area (Å²) in [7, 11) is 0. The number of hydrogen-bond donors (Lipinski definition) is 1. The lowest BCUT2D eigenvalue weighted by Crippen LogP contribution is -2.48. The Bertz CT molecular complexity index is 599. The van der Waals surface area contributed by atoms with E-state index < -0.39 is 41.0 Å². The van der Waals surface area contributed by atoms with Crippen molar-refractivity contribution in [3.63, 3.8) is 0 Å². The lowest BCUT2D eigenvalue weighted by atomic mass is 10.00. The number of hydrogen-bond acceptors (Lipinski definition) is 4. The lowest BCUT2D eigenvalue weighted by molar-refractivity contribution is -0.176. The molecule has 1 atom stereocenters. The van der Waals surface area contributed by atoms with Gasteiger partial charge in [-0.25, -0.2) is 14.0 Å². The highest BCUT2D eigenvalue weighted by atomic mass is 19.3. The van der Waals surface area contributed by atoms with Crippen LogP contribution in [0.1, 0.15) is 39.3 Å². The summed E-state index contributed by atoms with van der Waals surface area (Å²) in [6.07, 6.45) is -1.21. The monoisotopic (exact) mass is 347 g/mol. The van der Waals surface area contributed by atoms with Gasteiger partial charge >= 0.3 is 18.0 Å². The van der Waals surface area contributed by atoms with Crippen molar-refractivity contribution in [3.05, 3.63) is 35.6 Å². The Kier molecular flexibility index (Phi) is 6.22. The predicted molar refractivity (Wildman–Crippen MR) is 80.1 cm³/mol. The second-order valence-corrected chi connectivity index (χ2v) is 5.94. The number of esters is 1. The number of carbonyl (C=O) groups is 2. The largest absolute Gasteiger partial charge is 0.461 e. The Morgan fingerprint density at radius 2 is 1.79 bits per heavy atom. The molecule has 0 saturated heterocycles. The summed E-state index contributed by atoms with van der Waals surface area (Å²) >= 11 is 0. The van der Waals surface area contributed by atoms with Crippen molar-refractivity contribution in [2.24, 2.45) is 0 Å². The molecule has 1 unspecified atom stereocenters. The first-order valence-electron chi connectivity index (χ1n) is 7.28. The average Bonchev–Trinajstić information content (AvgIpc) is 2.44. The number of benzene rings is 1. The molecule has 0 aliphatic carbocycles. The van der Waals surface area contributed by atoms with Crippen LogP contribution in [0.3, 0.4) is 0 Å². The average molecular weight is 347 g/mol. The molecule has 1 amide bonds. The number of halogens is 3. The zero-order valence-corrected chi connectivity index (χ0v) is 13.9. The predicted octanol–water partition coefficient (Wildman–Crippen LogP) is 3.59. The zero-order valence-electron chi connectivity index (χ0n) is 13.9. The van der Waals surface area contributed by atoms with Crippen LogP contribution in [0.15, 0.2) is 24.3 Å². The maximum Gasteiger partial charge on any atom is 0.408 e. The van der Waals surface area contributed by atoms with E-state index in [1.807, 2.05) is 5.32 Å². The van der Waals surface area contributed by atoms with Gasteiger partial charge in [0.05, 0.1) is 6.61 Å². The van der Waals surface area contributed by atoms with Crippen molar-refractivity contribution < 1.29 is 32.2 Å². The number of alkyl carbamates (subject to hydrolysis) is 1. The van der Waals surface area contributed by atoms with E-state index in [4.69, 9.17) is 4.74 Å². The molecule has 1 aromatic carbocycles. The molecule has 24 heavy (non-hydrogen) atoms. The van der Waals surface area contributed by atoms with E-state index in [1.165, 1.54) is 39.8 Å². The van der Waals surface area contributed by atoms with Crippen molar-refractivity contribution in [3.8, 4) is 0 Å². The molecule has 0 aliphatic heterocycles.